The Balaban J connectivity index is 2.86. The van der Waals surface area contributed by atoms with Gasteiger partial charge in [-0.05, 0) is 18.6 Å². The first-order chi connectivity index (χ1) is 7.60. The van der Waals surface area contributed by atoms with E-state index < -0.39 is 12.0 Å². The summed E-state index contributed by atoms with van der Waals surface area (Å²) in [5.41, 5.74) is 2.03. The van der Waals surface area contributed by atoms with E-state index in [2.05, 4.69) is 0 Å². The van der Waals surface area contributed by atoms with Crippen molar-refractivity contribution >= 4 is 29.1 Å². The van der Waals surface area contributed by atoms with Gasteiger partial charge in [0.1, 0.15) is 10.8 Å². The molecule has 1 atom stereocenters. The highest BCUT2D eigenvalue weighted by molar-refractivity contribution is 6.42. The van der Waals surface area contributed by atoms with Crippen molar-refractivity contribution in [3.05, 3.63) is 28.2 Å². The fourth-order valence-corrected chi connectivity index (χ4v) is 1.48. The minimum Gasteiger partial charge on any atom is -0.479 e. The Bertz CT molecular complexity index is 385. The highest BCUT2D eigenvalue weighted by Gasteiger charge is 2.18. The van der Waals surface area contributed by atoms with E-state index in [-0.39, 0.29) is 5.02 Å². The second-order valence-electron chi connectivity index (χ2n) is 3.08. The van der Waals surface area contributed by atoms with E-state index in [1.165, 1.54) is 0 Å². The molecule has 0 bridgehead atoms. The molecule has 0 aliphatic carbocycles. The van der Waals surface area contributed by atoms with Crippen molar-refractivity contribution in [3.63, 3.8) is 0 Å². The zero-order chi connectivity index (χ0) is 12.1. The van der Waals surface area contributed by atoms with Crippen LogP contribution in [0.15, 0.2) is 18.2 Å². The SMILES string of the molecule is CC[C@H](Oc1cccc(Cl)c1Cl)C(=O)NN. The molecule has 16 heavy (non-hydrogen) atoms. The molecule has 3 N–H and O–H groups in total. The van der Waals surface area contributed by atoms with Gasteiger partial charge in [-0.25, -0.2) is 5.84 Å². The van der Waals surface area contributed by atoms with Gasteiger partial charge in [-0.1, -0.05) is 36.2 Å². The van der Waals surface area contributed by atoms with Crippen LogP contribution in [0.25, 0.3) is 0 Å². The number of nitrogens with two attached hydrogens (primary N) is 1. The second kappa shape index (κ2) is 5.94. The van der Waals surface area contributed by atoms with Gasteiger partial charge in [0.25, 0.3) is 5.91 Å². The van der Waals surface area contributed by atoms with E-state index in [4.69, 9.17) is 33.8 Å². The number of hydrazine groups is 1. The molecule has 88 valence electrons. The van der Waals surface area contributed by atoms with Gasteiger partial charge in [-0.15, -0.1) is 0 Å². The Kier molecular flexibility index (Phi) is 4.86. The Morgan fingerprint density at radius 1 is 1.56 bits per heavy atom. The molecule has 1 rings (SSSR count). The average Bonchev–Trinajstić information content (AvgIpc) is 2.30. The summed E-state index contributed by atoms with van der Waals surface area (Å²) in [5.74, 6) is 4.99. The van der Waals surface area contributed by atoms with Gasteiger partial charge < -0.3 is 4.74 Å². The van der Waals surface area contributed by atoms with Crippen LogP contribution >= 0.6 is 23.2 Å². The van der Waals surface area contributed by atoms with Crippen LogP contribution in [0.3, 0.4) is 0 Å². The summed E-state index contributed by atoms with van der Waals surface area (Å²) in [6.45, 7) is 1.80. The Hall–Kier alpha value is -0.970. The fraction of sp³-hybridized carbons (Fsp3) is 0.300. The van der Waals surface area contributed by atoms with Crippen molar-refractivity contribution in [2.75, 3.05) is 0 Å². The van der Waals surface area contributed by atoms with Gasteiger partial charge in [-0.3, -0.25) is 10.2 Å². The molecule has 0 aliphatic rings. The van der Waals surface area contributed by atoms with Gasteiger partial charge in [0, 0.05) is 0 Å². The fourth-order valence-electron chi connectivity index (χ4n) is 1.14. The summed E-state index contributed by atoms with van der Waals surface area (Å²) >= 11 is 11.7. The molecular weight excluding hydrogens is 251 g/mol. The first kappa shape index (κ1) is 13.1. The zero-order valence-electron chi connectivity index (χ0n) is 8.67. The number of carbonyl (C=O) groups excluding carboxylic acids is 1. The maximum absolute atomic E-state index is 11.3. The van der Waals surface area contributed by atoms with Gasteiger partial charge in [0.05, 0.1) is 5.02 Å². The van der Waals surface area contributed by atoms with E-state index in [0.717, 1.165) is 0 Å². The monoisotopic (exact) mass is 262 g/mol. The van der Waals surface area contributed by atoms with Crippen LogP contribution in [-0.2, 0) is 4.79 Å². The van der Waals surface area contributed by atoms with Crippen LogP contribution in [0.2, 0.25) is 10.0 Å². The molecule has 4 nitrogen and oxygen atoms in total. The number of carbonyl (C=O) groups is 1. The van der Waals surface area contributed by atoms with Gasteiger partial charge in [0.2, 0.25) is 0 Å². The molecule has 0 aromatic heterocycles. The molecule has 0 saturated carbocycles. The van der Waals surface area contributed by atoms with Crippen molar-refractivity contribution < 1.29 is 9.53 Å². The molecule has 0 saturated heterocycles. The molecule has 1 aromatic rings. The van der Waals surface area contributed by atoms with E-state index >= 15 is 0 Å². The molecule has 0 radical (unpaired) electrons. The summed E-state index contributed by atoms with van der Waals surface area (Å²) in [6, 6.07) is 4.97. The van der Waals surface area contributed by atoms with Crippen LogP contribution in [0.4, 0.5) is 0 Å². The lowest BCUT2D eigenvalue weighted by molar-refractivity contribution is -0.128. The molecular formula is C10H12Cl2N2O2. The van der Waals surface area contributed by atoms with E-state index in [1.54, 1.807) is 25.1 Å². The second-order valence-corrected chi connectivity index (χ2v) is 3.86. The Labute approximate surface area is 104 Å². The quantitative estimate of drug-likeness (QED) is 0.497. The Morgan fingerprint density at radius 3 is 2.81 bits per heavy atom. The number of rotatable bonds is 4. The average molecular weight is 263 g/mol. The summed E-state index contributed by atoms with van der Waals surface area (Å²) < 4.78 is 5.42. The molecule has 0 unspecified atom stereocenters. The van der Waals surface area contributed by atoms with Gasteiger partial charge in [-0.2, -0.15) is 0 Å². The molecule has 1 amide bonds. The molecule has 0 spiro atoms. The first-order valence-corrected chi connectivity index (χ1v) is 5.46. The third-order valence-electron chi connectivity index (χ3n) is 1.99. The van der Waals surface area contributed by atoms with Crippen LogP contribution < -0.4 is 16.0 Å². The van der Waals surface area contributed by atoms with Crippen LogP contribution in [0.5, 0.6) is 5.75 Å². The highest BCUT2D eigenvalue weighted by Crippen LogP contribution is 2.32. The van der Waals surface area contributed by atoms with E-state index in [9.17, 15) is 4.79 Å². The first-order valence-electron chi connectivity index (χ1n) is 4.71. The van der Waals surface area contributed by atoms with Crippen molar-refractivity contribution in [3.8, 4) is 5.75 Å². The maximum atomic E-state index is 11.3. The minimum atomic E-state index is -0.680. The Morgan fingerprint density at radius 2 is 2.25 bits per heavy atom. The van der Waals surface area contributed by atoms with Crippen LogP contribution in [0, 0.1) is 0 Å². The summed E-state index contributed by atoms with van der Waals surface area (Å²) in [5, 5.41) is 0.662. The van der Waals surface area contributed by atoms with Crippen LogP contribution in [-0.4, -0.2) is 12.0 Å². The largest absolute Gasteiger partial charge is 0.479 e. The molecule has 0 heterocycles. The number of nitrogens with one attached hydrogen (secondary N) is 1. The highest BCUT2D eigenvalue weighted by atomic mass is 35.5. The zero-order valence-corrected chi connectivity index (χ0v) is 10.2. The van der Waals surface area contributed by atoms with Gasteiger partial charge >= 0.3 is 0 Å². The topological polar surface area (TPSA) is 64.3 Å². The summed E-state index contributed by atoms with van der Waals surface area (Å²) in [7, 11) is 0. The van der Waals surface area contributed by atoms with Crippen molar-refractivity contribution in [1.82, 2.24) is 5.43 Å². The molecule has 1 aromatic carbocycles. The number of ether oxygens (including phenoxy) is 1. The lowest BCUT2D eigenvalue weighted by Gasteiger charge is -2.16. The summed E-state index contributed by atoms with van der Waals surface area (Å²) in [6.07, 6.45) is -0.202. The number of benzene rings is 1. The number of hydrogen-bond donors (Lipinski definition) is 2. The smallest absolute Gasteiger partial charge is 0.274 e. The molecule has 0 aliphatic heterocycles. The lowest BCUT2D eigenvalue weighted by Crippen LogP contribution is -2.41. The van der Waals surface area contributed by atoms with Crippen molar-refractivity contribution in [1.29, 1.82) is 0 Å². The van der Waals surface area contributed by atoms with Crippen LogP contribution in [0.1, 0.15) is 13.3 Å². The summed E-state index contributed by atoms with van der Waals surface area (Å²) in [4.78, 5) is 11.3. The number of hydrogen-bond acceptors (Lipinski definition) is 3. The normalized spacial score (nSPS) is 12.0. The number of amides is 1. The lowest BCUT2D eigenvalue weighted by atomic mass is 10.2. The third-order valence-corrected chi connectivity index (χ3v) is 2.79. The van der Waals surface area contributed by atoms with Crippen molar-refractivity contribution in [2.24, 2.45) is 5.84 Å². The maximum Gasteiger partial charge on any atom is 0.274 e. The predicted octanol–water partition coefficient (Wildman–Crippen LogP) is 2.14. The third kappa shape index (κ3) is 3.01. The number of halogens is 2. The molecule has 0 fully saturated rings. The molecule has 6 heteroatoms. The van der Waals surface area contributed by atoms with E-state index in [1.807, 2.05) is 5.43 Å². The standard InChI is InChI=1S/C10H12Cl2N2O2/c1-2-7(10(15)14-13)16-8-5-3-4-6(11)9(8)12/h3-5,7H,2,13H2,1H3,(H,14,15)/t7-/m0/s1. The van der Waals surface area contributed by atoms with Crippen molar-refractivity contribution in [2.45, 2.75) is 19.4 Å². The van der Waals surface area contributed by atoms with E-state index in [0.29, 0.717) is 17.2 Å². The van der Waals surface area contributed by atoms with Gasteiger partial charge in [0.15, 0.2) is 6.10 Å². The predicted molar refractivity (Wildman–Crippen MR) is 63.5 cm³/mol. The minimum absolute atomic E-state index is 0.285.